The second-order valence-electron chi connectivity index (χ2n) is 6.69. The van der Waals surface area contributed by atoms with Crippen LogP contribution in [0.4, 0.5) is 0 Å². The van der Waals surface area contributed by atoms with Gasteiger partial charge in [0.15, 0.2) is 0 Å². The molecular weight excluding hydrogens is 258 g/mol. The van der Waals surface area contributed by atoms with Crippen molar-refractivity contribution in [1.29, 1.82) is 0 Å². The molecular formula is C18H29N3. The van der Waals surface area contributed by atoms with E-state index in [1.54, 1.807) is 0 Å². The summed E-state index contributed by atoms with van der Waals surface area (Å²) in [5, 5.41) is 0. The number of piperidine rings is 1. The van der Waals surface area contributed by atoms with Gasteiger partial charge in [0.25, 0.3) is 0 Å². The Labute approximate surface area is 129 Å². The van der Waals surface area contributed by atoms with Crippen LogP contribution in [-0.4, -0.2) is 67.1 Å². The van der Waals surface area contributed by atoms with E-state index < -0.39 is 0 Å². The van der Waals surface area contributed by atoms with Gasteiger partial charge in [-0.05, 0) is 32.0 Å². The van der Waals surface area contributed by atoms with Gasteiger partial charge in [-0.2, -0.15) is 0 Å². The normalized spacial score (nSPS) is 26.0. The lowest BCUT2D eigenvalue weighted by Crippen LogP contribution is -2.51. The summed E-state index contributed by atoms with van der Waals surface area (Å²) in [5.41, 5.74) is 1.44. The Balaban J connectivity index is 1.42. The van der Waals surface area contributed by atoms with Gasteiger partial charge in [-0.15, -0.1) is 0 Å². The Hall–Kier alpha value is -0.900. The molecule has 1 atom stereocenters. The summed E-state index contributed by atoms with van der Waals surface area (Å²) in [4.78, 5) is 7.84. The number of nitrogens with zero attached hydrogens (tertiary/aromatic N) is 3. The van der Waals surface area contributed by atoms with E-state index >= 15 is 0 Å². The standard InChI is InChI=1S/C18H29N3/c1-19-10-6-5-9-18(19)16-21-13-11-20(12-14-21)15-17-7-3-2-4-8-17/h2-4,7-8,18H,5-6,9-16H2,1H3. The molecule has 0 radical (unpaired) electrons. The maximum Gasteiger partial charge on any atom is 0.0234 e. The molecule has 2 heterocycles. The quantitative estimate of drug-likeness (QED) is 0.841. The van der Waals surface area contributed by atoms with Crippen molar-refractivity contribution < 1.29 is 0 Å². The molecule has 21 heavy (non-hydrogen) atoms. The average Bonchev–Trinajstić information content (AvgIpc) is 2.52. The molecule has 0 aliphatic carbocycles. The molecule has 0 saturated carbocycles. The van der Waals surface area contributed by atoms with Crippen molar-refractivity contribution in [1.82, 2.24) is 14.7 Å². The van der Waals surface area contributed by atoms with Crippen molar-refractivity contribution in [3.05, 3.63) is 35.9 Å². The van der Waals surface area contributed by atoms with Gasteiger partial charge in [-0.1, -0.05) is 36.8 Å². The number of hydrogen-bond acceptors (Lipinski definition) is 3. The van der Waals surface area contributed by atoms with E-state index in [9.17, 15) is 0 Å². The molecule has 2 saturated heterocycles. The number of rotatable bonds is 4. The van der Waals surface area contributed by atoms with Crippen LogP contribution < -0.4 is 0 Å². The molecule has 1 unspecified atom stereocenters. The van der Waals surface area contributed by atoms with Crippen molar-refractivity contribution in [3.8, 4) is 0 Å². The summed E-state index contributed by atoms with van der Waals surface area (Å²) in [6.07, 6.45) is 4.20. The molecule has 2 aliphatic rings. The predicted octanol–water partition coefficient (Wildman–Crippen LogP) is 2.29. The lowest BCUT2D eigenvalue weighted by atomic mass is 10.0. The van der Waals surface area contributed by atoms with Gasteiger partial charge in [0, 0.05) is 45.3 Å². The third-order valence-corrected chi connectivity index (χ3v) is 5.10. The zero-order chi connectivity index (χ0) is 14.5. The zero-order valence-corrected chi connectivity index (χ0v) is 13.4. The van der Waals surface area contributed by atoms with Crippen molar-refractivity contribution in [3.63, 3.8) is 0 Å². The molecule has 3 nitrogen and oxygen atoms in total. The van der Waals surface area contributed by atoms with Crippen molar-refractivity contribution in [2.75, 3.05) is 46.3 Å². The summed E-state index contributed by atoms with van der Waals surface area (Å²) in [5.74, 6) is 0. The van der Waals surface area contributed by atoms with Gasteiger partial charge in [0.05, 0.1) is 0 Å². The van der Waals surface area contributed by atoms with Crippen LogP contribution in [0.1, 0.15) is 24.8 Å². The van der Waals surface area contributed by atoms with Crippen molar-refractivity contribution in [2.45, 2.75) is 31.8 Å². The SMILES string of the molecule is CN1CCCCC1CN1CCN(Cc2ccccc2)CC1. The van der Waals surface area contributed by atoms with E-state index in [1.807, 2.05) is 0 Å². The van der Waals surface area contributed by atoms with E-state index in [4.69, 9.17) is 0 Å². The first-order valence-corrected chi connectivity index (χ1v) is 8.50. The van der Waals surface area contributed by atoms with Crippen LogP contribution in [-0.2, 0) is 6.54 Å². The molecule has 2 fully saturated rings. The van der Waals surface area contributed by atoms with Gasteiger partial charge in [0.2, 0.25) is 0 Å². The van der Waals surface area contributed by atoms with Crippen molar-refractivity contribution >= 4 is 0 Å². The maximum atomic E-state index is 2.67. The van der Waals surface area contributed by atoms with E-state index in [1.165, 1.54) is 64.1 Å². The summed E-state index contributed by atoms with van der Waals surface area (Å²) >= 11 is 0. The molecule has 0 amide bonds. The smallest absolute Gasteiger partial charge is 0.0234 e. The fraction of sp³-hybridized carbons (Fsp3) is 0.667. The van der Waals surface area contributed by atoms with Gasteiger partial charge in [-0.3, -0.25) is 9.80 Å². The minimum absolute atomic E-state index is 0.791. The van der Waals surface area contributed by atoms with Crippen LogP contribution in [0, 0.1) is 0 Å². The molecule has 0 bridgehead atoms. The van der Waals surface area contributed by atoms with Crippen molar-refractivity contribution in [2.24, 2.45) is 0 Å². The van der Waals surface area contributed by atoms with Gasteiger partial charge < -0.3 is 4.90 Å². The van der Waals surface area contributed by atoms with E-state index in [0.717, 1.165) is 12.6 Å². The minimum atomic E-state index is 0.791. The minimum Gasteiger partial charge on any atom is -0.302 e. The highest BCUT2D eigenvalue weighted by Gasteiger charge is 2.24. The molecule has 116 valence electrons. The Kier molecular flexibility index (Phi) is 5.28. The third kappa shape index (κ3) is 4.29. The summed E-state index contributed by atoms with van der Waals surface area (Å²) in [6.45, 7) is 8.57. The molecule has 0 spiro atoms. The lowest BCUT2D eigenvalue weighted by molar-refractivity contribution is 0.0818. The molecule has 0 aromatic heterocycles. The van der Waals surface area contributed by atoms with E-state index in [2.05, 4.69) is 52.1 Å². The highest BCUT2D eigenvalue weighted by molar-refractivity contribution is 5.14. The topological polar surface area (TPSA) is 9.72 Å². The maximum absolute atomic E-state index is 2.67. The second kappa shape index (κ2) is 7.39. The fourth-order valence-electron chi connectivity index (χ4n) is 3.64. The Morgan fingerprint density at radius 3 is 2.33 bits per heavy atom. The predicted molar refractivity (Wildman–Crippen MR) is 88.4 cm³/mol. The monoisotopic (exact) mass is 287 g/mol. The van der Waals surface area contributed by atoms with Crippen LogP contribution in [0.15, 0.2) is 30.3 Å². The Morgan fingerprint density at radius 1 is 0.905 bits per heavy atom. The first-order chi connectivity index (χ1) is 10.3. The highest BCUT2D eigenvalue weighted by atomic mass is 15.3. The average molecular weight is 287 g/mol. The van der Waals surface area contributed by atoms with Crippen LogP contribution in [0.25, 0.3) is 0 Å². The number of piperazine rings is 1. The third-order valence-electron chi connectivity index (χ3n) is 5.10. The van der Waals surface area contributed by atoms with E-state index in [-0.39, 0.29) is 0 Å². The summed E-state index contributed by atoms with van der Waals surface area (Å²) in [6, 6.07) is 11.7. The zero-order valence-electron chi connectivity index (χ0n) is 13.4. The summed E-state index contributed by atoms with van der Waals surface area (Å²) < 4.78 is 0. The molecule has 0 N–H and O–H groups in total. The molecule has 1 aromatic rings. The summed E-state index contributed by atoms with van der Waals surface area (Å²) in [7, 11) is 2.30. The molecule has 1 aromatic carbocycles. The number of hydrogen-bond donors (Lipinski definition) is 0. The molecule has 3 rings (SSSR count). The van der Waals surface area contributed by atoms with Crippen LogP contribution in [0.2, 0.25) is 0 Å². The lowest BCUT2D eigenvalue weighted by Gasteiger charge is -2.40. The van der Waals surface area contributed by atoms with Crippen LogP contribution in [0.5, 0.6) is 0 Å². The fourth-order valence-corrected chi connectivity index (χ4v) is 3.64. The first-order valence-electron chi connectivity index (χ1n) is 8.50. The number of likely N-dealkylation sites (tertiary alicyclic amines) is 1. The first kappa shape index (κ1) is 15.0. The highest BCUT2D eigenvalue weighted by Crippen LogP contribution is 2.17. The second-order valence-corrected chi connectivity index (χ2v) is 6.69. The van der Waals surface area contributed by atoms with Gasteiger partial charge in [0.1, 0.15) is 0 Å². The Bertz CT molecular complexity index is 412. The Morgan fingerprint density at radius 2 is 1.62 bits per heavy atom. The number of benzene rings is 1. The van der Waals surface area contributed by atoms with E-state index in [0.29, 0.717) is 0 Å². The van der Waals surface area contributed by atoms with Gasteiger partial charge in [-0.25, -0.2) is 0 Å². The van der Waals surface area contributed by atoms with Crippen LogP contribution >= 0.6 is 0 Å². The van der Waals surface area contributed by atoms with Gasteiger partial charge >= 0.3 is 0 Å². The van der Waals surface area contributed by atoms with Crippen LogP contribution in [0.3, 0.4) is 0 Å². The molecule has 3 heteroatoms. The molecule has 2 aliphatic heterocycles. The number of likely N-dealkylation sites (N-methyl/N-ethyl adjacent to an activating group) is 1. The largest absolute Gasteiger partial charge is 0.302 e.